The monoisotopic (exact) mass is 406 g/mol. The van der Waals surface area contributed by atoms with Crippen LogP contribution in [0.4, 0.5) is 14.6 Å². The van der Waals surface area contributed by atoms with Gasteiger partial charge in [-0.3, -0.25) is 4.99 Å². The number of aliphatic imine (C=N–C) groups is 1. The van der Waals surface area contributed by atoms with Crippen LogP contribution in [0.1, 0.15) is 44.6 Å². The molecule has 1 unspecified atom stereocenters. The number of rotatable bonds is 8. The lowest BCUT2D eigenvalue weighted by Gasteiger charge is -2.40. The lowest BCUT2D eigenvalue weighted by molar-refractivity contribution is -0.118. The van der Waals surface area contributed by atoms with Crippen molar-refractivity contribution in [2.24, 2.45) is 27.5 Å². The van der Waals surface area contributed by atoms with E-state index in [9.17, 15) is 8.78 Å². The van der Waals surface area contributed by atoms with E-state index in [1.165, 1.54) is 37.9 Å². The van der Waals surface area contributed by atoms with Crippen molar-refractivity contribution in [3.8, 4) is 5.75 Å². The average molecular weight is 406 g/mol. The first-order chi connectivity index (χ1) is 13.8. The molecule has 1 spiro atoms. The normalized spacial score (nSPS) is 28.6. The third-order valence-corrected chi connectivity index (χ3v) is 6.67. The van der Waals surface area contributed by atoms with Crippen molar-refractivity contribution < 1.29 is 18.3 Å². The summed E-state index contributed by atoms with van der Waals surface area (Å²) in [5.41, 5.74) is 13.4. The van der Waals surface area contributed by atoms with Crippen molar-refractivity contribution in [2.75, 3.05) is 18.9 Å². The zero-order valence-electron chi connectivity index (χ0n) is 16.6. The Morgan fingerprint density at radius 2 is 2.24 bits per heavy atom. The Morgan fingerprint density at radius 3 is 2.90 bits per heavy atom. The molecule has 2 saturated carbocycles. The van der Waals surface area contributed by atoms with Gasteiger partial charge in [-0.25, -0.2) is 4.98 Å². The summed E-state index contributed by atoms with van der Waals surface area (Å²) in [6, 6.07) is 1.55. The van der Waals surface area contributed by atoms with Crippen molar-refractivity contribution in [2.45, 2.75) is 51.7 Å². The van der Waals surface area contributed by atoms with Crippen LogP contribution in [0.15, 0.2) is 23.3 Å². The van der Waals surface area contributed by atoms with Crippen molar-refractivity contribution in [1.29, 1.82) is 0 Å². The molecule has 4 N–H and O–H groups in total. The van der Waals surface area contributed by atoms with Gasteiger partial charge in [-0.15, -0.1) is 0 Å². The maximum atomic E-state index is 12.4. The highest BCUT2D eigenvalue weighted by molar-refractivity contribution is 5.83. The van der Waals surface area contributed by atoms with E-state index in [0.717, 1.165) is 25.6 Å². The van der Waals surface area contributed by atoms with Crippen LogP contribution in [-0.2, 0) is 4.74 Å². The molecular formula is C21H28F2N4O2. The largest absolute Gasteiger partial charge is 0.431 e. The molecule has 29 heavy (non-hydrogen) atoms. The minimum Gasteiger partial charge on any atom is -0.431 e. The van der Waals surface area contributed by atoms with E-state index in [2.05, 4.69) is 21.6 Å². The molecule has 4 rings (SSSR count). The Balaban J connectivity index is 1.29. The number of nitrogens with two attached hydrogens (primary N) is 2. The number of fused-ring (bicyclic) bond motifs is 1. The van der Waals surface area contributed by atoms with Gasteiger partial charge in [0.25, 0.3) is 0 Å². The molecule has 8 heteroatoms. The average Bonchev–Trinajstić information content (AvgIpc) is 3.20. The molecule has 6 nitrogen and oxygen atoms in total. The lowest BCUT2D eigenvalue weighted by atomic mass is 9.78. The Hall–Kier alpha value is -2.22. The molecule has 3 aliphatic rings. The molecule has 0 amide bonds. The van der Waals surface area contributed by atoms with Gasteiger partial charge in [-0.1, -0.05) is 0 Å². The number of nitrogens with zero attached hydrogens (tertiary/aromatic N) is 2. The molecule has 3 atom stereocenters. The summed E-state index contributed by atoms with van der Waals surface area (Å²) < 4.78 is 34.7. The van der Waals surface area contributed by atoms with Crippen LogP contribution in [-0.4, -0.2) is 37.1 Å². The molecule has 2 heterocycles. The van der Waals surface area contributed by atoms with Crippen LogP contribution >= 0.6 is 0 Å². The highest BCUT2D eigenvalue weighted by Gasteiger charge is 2.66. The molecule has 0 radical (unpaired) electrons. The van der Waals surface area contributed by atoms with Crippen LogP contribution in [0.3, 0.4) is 0 Å². The zero-order chi connectivity index (χ0) is 20.6. The fourth-order valence-electron chi connectivity index (χ4n) is 5.02. The summed E-state index contributed by atoms with van der Waals surface area (Å²) in [4.78, 5) is 8.41. The van der Waals surface area contributed by atoms with Gasteiger partial charge in [0.2, 0.25) is 0 Å². The van der Waals surface area contributed by atoms with Gasteiger partial charge < -0.3 is 20.9 Å². The summed E-state index contributed by atoms with van der Waals surface area (Å²) in [7, 11) is 0. The number of hydrogen-bond acceptors (Lipinski definition) is 6. The molecule has 158 valence electrons. The number of nitrogen functional groups attached to an aromatic ring is 1. The van der Waals surface area contributed by atoms with Crippen molar-refractivity contribution in [3.63, 3.8) is 0 Å². The van der Waals surface area contributed by atoms with Gasteiger partial charge in [0.1, 0.15) is 0 Å². The Kier molecular flexibility index (Phi) is 5.23. The predicted octanol–water partition coefficient (Wildman–Crippen LogP) is 3.62. The first kappa shape index (κ1) is 20.1. The molecule has 2 aliphatic carbocycles. The van der Waals surface area contributed by atoms with Crippen molar-refractivity contribution in [3.05, 3.63) is 23.9 Å². The molecule has 1 aromatic rings. The summed E-state index contributed by atoms with van der Waals surface area (Å²) >= 11 is 0. The first-order valence-corrected chi connectivity index (χ1v) is 10.1. The number of hydrogen-bond donors (Lipinski definition) is 2. The number of halogens is 2. The van der Waals surface area contributed by atoms with Crippen LogP contribution in [0.25, 0.3) is 5.70 Å². The molecular weight excluding hydrogens is 378 g/mol. The molecule has 1 saturated heterocycles. The van der Waals surface area contributed by atoms with E-state index < -0.39 is 6.61 Å². The van der Waals surface area contributed by atoms with Crippen molar-refractivity contribution in [1.82, 2.24) is 4.98 Å². The quantitative estimate of drug-likeness (QED) is 0.643. The van der Waals surface area contributed by atoms with Gasteiger partial charge in [0, 0.05) is 35.1 Å². The lowest BCUT2D eigenvalue weighted by Crippen LogP contribution is -2.41. The molecule has 0 bridgehead atoms. The number of aromatic nitrogens is 1. The van der Waals surface area contributed by atoms with Gasteiger partial charge >= 0.3 is 6.61 Å². The highest BCUT2D eigenvalue weighted by atomic mass is 19.3. The fraction of sp³-hybridized carbons (Fsp3) is 0.619. The van der Waals surface area contributed by atoms with E-state index in [1.54, 1.807) is 12.3 Å². The Bertz CT molecular complexity index is 825. The van der Waals surface area contributed by atoms with E-state index >= 15 is 0 Å². The third kappa shape index (κ3) is 4.22. The van der Waals surface area contributed by atoms with Crippen LogP contribution in [0.5, 0.6) is 5.75 Å². The predicted molar refractivity (Wildman–Crippen MR) is 108 cm³/mol. The van der Waals surface area contributed by atoms with Gasteiger partial charge in [-0.05, 0) is 62.5 Å². The first-order valence-electron chi connectivity index (χ1n) is 10.1. The van der Waals surface area contributed by atoms with Gasteiger partial charge in [0.15, 0.2) is 11.6 Å². The van der Waals surface area contributed by atoms with Crippen molar-refractivity contribution >= 4 is 17.7 Å². The second-order valence-electron chi connectivity index (χ2n) is 8.93. The summed E-state index contributed by atoms with van der Waals surface area (Å²) in [6.07, 6.45) is 11.0. The maximum Gasteiger partial charge on any atom is 0.387 e. The number of ether oxygens (including phenoxy) is 2. The van der Waals surface area contributed by atoms with E-state index in [4.69, 9.17) is 16.2 Å². The Morgan fingerprint density at radius 1 is 1.45 bits per heavy atom. The van der Waals surface area contributed by atoms with Crippen LogP contribution in [0.2, 0.25) is 0 Å². The summed E-state index contributed by atoms with van der Waals surface area (Å²) in [5.74, 6) is 0.591. The highest BCUT2D eigenvalue weighted by Crippen LogP contribution is 2.72. The minimum atomic E-state index is -2.97. The van der Waals surface area contributed by atoms with Gasteiger partial charge in [0.05, 0.1) is 13.2 Å². The second-order valence-corrected chi connectivity index (χ2v) is 8.93. The summed E-state index contributed by atoms with van der Waals surface area (Å²) in [6.45, 7) is 1.03. The van der Waals surface area contributed by atoms with Crippen LogP contribution in [0, 0.1) is 16.7 Å². The number of pyridine rings is 1. The molecule has 1 aromatic heterocycles. The molecule has 3 fully saturated rings. The van der Waals surface area contributed by atoms with E-state index in [0.29, 0.717) is 22.1 Å². The zero-order valence-corrected chi connectivity index (χ0v) is 16.6. The Labute approximate surface area is 169 Å². The van der Waals surface area contributed by atoms with E-state index in [1.807, 2.05) is 0 Å². The summed E-state index contributed by atoms with van der Waals surface area (Å²) in [5, 5.41) is 0. The van der Waals surface area contributed by atoms with E-state index in [-0.39, 0.29) is 17.6 Å². The minimum absolute atomic E-state index is 0.107. The number of allylic oxidation sites excluding steroid dienone is 1. The fourth-order valence-corrected chi connectivity index (χ4v) is 5.02. The maximum absolute atomic E-state index is 12.4. The second kappa shape index (κ2) is 7.55. The van der Waals surface area contributed by atoms with Gasteiger partial charge in [-0.2, -0.15) is 8.78 Å². The number of anilines is 1. The topological polar surface area (TPSA) is 95.8 Å². The molecule has 1 aliphatic heterocycles. The SMILES string of the molecule is CC(CC[C@@]12C[C@@H]1CC1(COC1)C2)N=CC=C(N)c1cnc(N)c(OC(F)F)c1. The standard InChI is InChI=1S/C21H28F2N4O2/c1-13(2-4-21-8-15(21)7-20(10-21)11-28-12-20)26-5-3-16(24)14-6-17(29-19(22)23)18(25)27-9-14/h3,5-6,9,13,15,19H,2,4,7-8,10-12,24H2,1H3,(H2,25,27)/t13?,15-,21-/m0/s1. The third-order valence-electron chi connectivity index (χ3n) is 6.67. The molecule has 0 aromatic carbocycles. The van der Waals surface area contributed by atoms with Crippen LogP contribution < -0.4 is 16.2 Å². The number of alkyl halides is 2. The smallest absolute Gasteiger partial charge is 0.387 e.